The average Bonchev–Trinajstić information content (AvgIpc) is 3.04. The van der Waals surface area contributed by atoms with Gasteiger partial charge in [0.05, 0.1) is 0 Å². The molecule has 0 bridgehead atoms. The number of rotatable bonds is 19. The maximum absolute atomic E-state index is 13.7. The summed E-state index contributed by atoms with van der Waals surface area (Å²) in [4.78, 5) is 65.2. The lowest BCUT2D eigenvalue weighted by Crippen LogP contribution is -2.56. The van der Waals surface area contributed by atoms with E-state index < -0.39 is 53.7 Å². The van der Waals surface area contributed by atoms with Crippen LogP contribution in [0, 0.1) is 11.8 Å². The molecule has 0 saturated carbocycles. The van der Waals surface area contributed by atoms with Gasteiger partial charge in [-0.15, -0.1) is 0 Å². The van der Waals surface area contributed by atoms with Gasteiger partial charge >= 0.3 is 18.2 Å². The van der Waals surface area contributed by atoms with Crippen LogP contribution in [0.25, 0.3) is 0 Å². The fourth-order valence-electron chi connectivity index (χ4n) is 4.92. The van der Waals surface area contributed by atoms with Crippen molar-refractivity contribution in [1.82, 2.24) is 21.3 Å². The summed E-state index contributed by atoms with van der Waals surface area (Å²) in [7, 11) is 0. The van der Waals surface area contributed by atoms with Crippen molar-refractivity contribution in [2.45, 2.75) is 118 Å². The molecule has 50 heavy (non-hydrogen) atoms. The Morgan fingerprint density at radius 2 is 1.10 bits per heavy atom. The molecule has 12 heteroatoms. The summed E-state index contributed by atoms with van der Waals surface area (Å²) >= 11 is 0. The van der Waals surface area contributed by atoms with Gasteiger partial charge in [0, 0.05) is 6.54 Å². The second kappa shape index (κ2) is 21.5. The van der Waals surface area contributed by atoms with Crippen molar-refractivity contribution in [1.29, 1.82) is 0 Å². The summed E-state index contributed by atoms with van der Waals surface area (Å²) in [6.45, 7) is 13.3. The van der Waals surface area contributed by atoms with Gasteiger partial charge < -0.3 is 35.5 Å². The molecule has 0 aromatic heterocycles. The van der Waals surface area contributed by atoms with E-state index in [0.717, 1.165) is 11.1 Å². The van der Waals surface area contributed by atoms with Crippen molar-refractivity contribution < 1.29 is 38.2 Å². The lowest BCUT2D eigenvalue weighted by atomic mass is 9.99. The molecule has 0 fully saturated rings. The summed E-state index contributed by atoms with van der Waals surface area (Å²) in [5.41, 5.74) is 0.911. The fourth-order valence-corrected chi connectivity index (χ4v) is 4.92. The molecule has 2 rings (SSSR count). The SMILES string of the molecule is CC(C)C[C@H](NC(=O)OC(C)(C)C)C(=O)N[C@@H](CC(C)C)C(=O)N[C@@H](CCCCNC(=O)OCc1ccccc1)C(=O)OCc1ccccc1. The molecule has 0 unspecified atom stereocenters. The molecule has 3 atom stereocenters. The van der Waals surface area contributed by atoms with E-state index in [1.807, 2.05) is 88.4 Å². The number of benzene rings is 2. The van der Waals surface area contributed by atoms with Crippen molar-refractivity contribution in [3.05, 3.63) is 71.8 Å². The van der Waals surface area contributed by atoms with E-state index >= 15 is 0 Å². The third kappa shape index (κ3) is 17.7. The van der Waals surface area contributed by atoms with Gasteiger partial charge in [0.2, 0.25) is 11.8 Å². The Balaban J connectivity index is 2.07. The van der Waals surface area contributed by atoms with Crippen LogP contribution >= 0.6 is 0 Å². The molecule has 4 N–H and O–H groups in total. The molecule has 0 aliphatic carbocycles. The van der Waals surface area contributed by atoms with Gasteiger partial charge in [-0.1, -0.05) is 88.4 Å². The van der Waals surface area contributed by atoms with E-state index in [4.69, 9.17) is 14.2 Å². The quantitative estimate of drug-likeness (QED) is 0.0817. The zero-order valence-corrected chi connectivity index (χ0v) is 30.6. The average molecular weight is 697 g/mol. The van der Waals surface area contributed by atoms with Crippen molar-refractivity contribution in [3.63, 3.8) is 0 Å². The Bertz CT molecular complexity index is 1350. The molecule has 0 saturated heterocycles. The predicted molar refractivity (Wildman–Crippen MR) is 191 cm³/mol. The van der Waals surface area contributed by atoms with Crippen LogP contribution in [0.1, 0.15) is 91.7 Å². The highest BCUT2D eigenvalue weighted by molar-refractivity contribution is 5.93. The number of unbranched alkanes of at least 4 members (excludes halogenated alkanes) is 1. The number of esters is 1. The van der Waals surface area contributed by atoms with E-state index in [1.165, 1.54) is 0 Å². The minimum atomic E-state index is -1.01. The normalized spacial score (nSPS) is 13.1. The van der Waals surface area contributed by atoms with Gasteiger partial charge in [0.1, 0.15) is 36.9 Å². The second-order valence-corrected chi connectivity index (χ2v) is 14.2. The molecular weight excluding hydrogens is 640 g/mol. The third-order valence-electron chi connectivity index (χ3n) is 7.28. The molecule has 2 aromatic rings. The van der Waals surface area contributed by atoms with Crippen LogP contribution in [0.5, 0.6) is 0 Å². The van der Waals surface area contributed by atoms with Crippen LogP contribution in [-0.2, 0) is 41.8 Å². The van der Waals surface area contributed by atoms with E-state index in [2.05, 4.69) is 21.3 Å². The zero-order chi connectivity index (χ0) is 37.1. The van der Waals surface area contributed by atoms with Gasteiger partial charge in [0.15, 0.2) is 0 Å². The lowest BCUT2D eigenvalue weighted by molar-refractivity contribution is -0.149. The number of hydrogen-bond acceptors (Lipinski definition) is 8. The first-order chi connectivity index (χ1) is 23.6. The van der Waals surface area contributed by atoms with Crippen LogP contribution < -0.4 is 21.3 Å². The largest absolute Gasteiger partial charge is 0.459 e. The van der Waals surface area contributed by atoms with E-state index in [9.17, 15) is 24.0 Å². The number of nitrogens with one attached hydrogen (secondary N) is 4. The standard InChI is InChI=1S/C38H56N4O8/c1-26(2)22-31(41-34(44)32(23-27(3)4)42-37(47)50-38(5,6)7)33(43)40-30(35(45)48-24-28-16-10-8-11-17-28)20-14-15-21-39-36(46)49-25-29-18-12-9-13-19-29/h8-13,16-19,26-27,30-32H,14-15,20-25H2,1-7H3,(H,39,46)(H,40,43)(H,41,44)(H,42,47)/t30-,31-,32-/m0/s1. The molecule has 0 aliphatic heterocycles. The Morgan fingerprint density at radius 1 is 0.620 bits per heavy atom. The highest BCUT2D eigenvalue weighted by Crippen LogP contribution is 2.13. The van der Waals surface area contributed by atoms with E-state index in [1.54, 1.807) is 20.8 Å². The van der Waals surface area contributed by atoms with Crippen molar-refractivity contribution in [3.8, 4) is 0 Å². The zero-order valence-electron chi connectivity index (χ0n) is 30.6. The maximum Gasteiger partial charge on any atom is 0.408 e. The monoisotopic (exact) mass is 696 g/mol. The molecular formula is C38H56N4O8. The second-order valence-electron chi connectivity index (χ2n) is 14.2. The van der Waals surface area contributed by atoms with Gasteiger partial charge in [-0.2, -0.15) is 0 Å². The predicted octanol–water partition coefficient (Wildman–Crippen LogP) is 5.78. The van der Waals surface area contributed by atoms with Crippen molar-refractivity contribution >= 4 is 30.0 Å². The summed E-state index contributed by atoms with van der Waals surface area (Å²) in [6, 6.07) is 15.6. The topological polar surface area (TPSA) is 161 Å². The molecule has 0 heterocycles. The van der Waals surface area contributed by atoms with Crippen molar-refractivity contribution in [2.24, 2.45) is 11.8 Å². The number of ether oxygens (including phenoxy) is 3. The van der Waals surface area contributed by atoms with Crippen LogP contribution in [-0.4, -0.2) is 60.2 Å². The van der Waals surface area contributed by atoms with Gasteiger partial charge in [-0.05, 0) is 75.8 Å². The smallest absolute Gasteiger partial charge is 0.408 e. The number of amides is 4. The molecule has 276 valence electrons. The van der Waals surface area contributed by atoms with E-state index in [-0.39, 0.29) is 31.5 Å². The first-order valence-electron chi connectivity index (χ1n) is 17.4. The maximum atomic E-state index is 13.7. The molecule has 0 radical (unpaired) electrons. The van der Waals surface area contributed by atoms with Crippen LogP contribution in [0.2, 0.25) is 0 Å². The Kier molecular flexibility index (Phi) is 17.8. The van der Waals surface area contributed by atoms with Crippen LogP contribution in [0.3, 0.4) is 0 Å². The Hall–Kier alpha value is -4.61. The summed E-state index contributed by atoms with van der Waals surface area (Å²) in [5, 5.41) is 10.9. The first-order valence-corrected chi connectivity index (χ1v) is 17.4. The van der Waals surface area contributed by atoms with Gasteiger partial charge in [0.25, 0.3) is 0 Å². The van der Waals surface area contributed by atoms with Gasteiger partial charge in [-0.3, -0.25) is 9.59 Å². The summed E-state index contributed by atoms with van der Waals surface area (Å²) in [6.07, 6.45) is 0.551. The lowest BCUT2D eigenvalue weighted by Gasteiger charge is -2.27. The highest BCUT2D eigenvalue weighted by atomic mass is 16.6. The minimum Gasteiger partial charge on any atom is -0.459 e. The number of carbonyl (C=O) groups excluding carboxylic acids is 5. The highest BCUT2D eigenvalue weighted by Gasteiger charge is 2.31. The molecule has 4 amide bonds. The fraction of sp³-hybridized carbons (Fsp3) is 0.553. The summed E-state index contributed by atoms with van der Waals surface area (Å²) in [5.74, 6) is -1.61. The number of hydrogen-bond donors (Lipinski definition) is 4. The van der Waals surface area contributed by atoms with Crippen LogP contribution in [0.15, 0.2) is 60.7 Å². The van der Waals surface area contributed by atoms with Gasteiger partial charge in [-0.25, -0.2) is 14.4 Å². The molecule has 12 nitrogen and oxygen atoms in total. The van der Waals surface area contributed by atoms with Crippen molar-refractivity contribution in [2.75, 3.05) is 6.54 Å². The Morgan fingerprint density at radius 3 is 1.60 bits per heavy atom. The first kappa shape index (κ1) is 41.6. The number of carbonyl (C=O) groups is 5. The van der Waals surface area contributed by atoms with Crippen LogP contribution in [0.4, 0.5) is 9.59 Å². The minimum absolute atomic E-state index is 0.0182. The number of alkyl carbamates (subject to hydrolysis) is 2. The molecule has 2 aromatic carbocycles. The Labute approximate surface area is 296 Å². The summed E-state index contributed by atoms with van der Waals surface area (Å²) < 4.78 is 16.2. The third-order valence-corrected chi connectivity index (χ3v) is 7.28. The molecule has 0 aliphatic rings. The molecule has 0 spiro atoms. The van der Waals surface area contributed by atoms with E-state index in [0.29, 0.717) is 32.2 Å².